The molecule has 0 saturated heterocycles. The van der Waals surface area contributed by atoms with Crippen molar-refractivity contribution in [3.05, 3.63) is 39.8 Å². The molecule has 1 aromatic carbocycles. The maximum Gasteiger partial charge on any atom is 0.115 e. The van der Waals surface area contributed by atoms with Gasteiger partial charge in [-0.3, -0.25) is 0 Å². The molecular formula is C11H11N3O. The molecule has 15 heavy (non-hydrogen) atoms. The first-order chi connectivity index (χ1) is 7.24. The Kier molecular flexibility index (Phi) is 4.08. The molecule has 0 unspecified atom stereocenters. The molecule has 0 atom stereocenters. The summed E-state index contributed by atoms with van der Waals surface area (Å²) < 4.78 is 0. The van der Waals surface area contributed by atoms with Crippen molar-refractivity contribution in [3.8, 4) is 17.6 Å². The van der Waals surface area contributed by atoms with Crippen molar-refractivity contribution < 1.29 is 5.11 Å². The van der Waals surface area contributed by atoms with Gasteiger partial charge in [0.25, 0.3) is 0 Å². The first-order valence-electron chi connectivity index (χ1n) is 4.53. The number of benzene rings is 1. The lowest BCUT2D eigenvalue weighted by Gasteiger charge is -1.97. The van der Waals surface area contributed by atoms with Crippen LogP contribution in [-0.4, -0.2) is 11.7 Å². The Labute approximate surface area is 88.2 Å². The first-order valence-corrected chi connectivity index (χ1v) is 4.53. The molecular weight excluding hydrogens is 190 g/mol. The minimum absolute atomic E-state index is 0.243. The molecule has 0 aromatic heterocycles. The van der Waals surface area contributed by atoms with Crippen LogP contribution in [0.25, 0.3) is 10.4 Å². The van der Waals surface area contributed by atoms with E-state index in [1.165, 1.54) is 0 Å². The predicted octanol–water partition coefficient (Wildman–Crippen LogP) is 2.75. The molecule has 0 heterocycles. The second kappa shape index (κ2) is 5.58. The molecule has 0 saturated carbocycles. The van der Waals surface area contributed by atoms with Crippen LogP contribution in [0, 0.1) is 18.8 Å². The number of rotatable bonds is 2. The second-order valence-corrected chi connectivity index (χ2v) is 3.01. The normalized spacial score (nSPS) is 8.60. The zero-order valence-electron chi connectivity index (χ0n) is 8.44. The second-order valence-electron chi connectivity index (χ2n) is 3.01. The number of aromatic hydroxyl groups is 1. The molecule has 4 heteroatoms. The van der Waals surface area contributed by atoms with Gasteiger partial charge in [0.05, 0.1) is 0 Å². The lowest BCUT2D eigenvalue weighted by molar-refractivity contribution is 0.475. The smallest absolute Gasteiger partial charge is 0.115 e. The topological polar surface area (TPSA) is 69.0 Å². The maximum atomic E-state index is 9.18. The van der Waals surface area contributed by atoms with Crippen LogP contribution >= 0.6 is 0 Å². The Morgan fingerprint density at radius 2 is 2.33 bits per heavy atom. The monoisotopic (exact) mass is 201 g/mol. The van der Waals surface area contributed by atoms with Gasteiger partial charge in [-0.05, 0) is 36.2 Å². The van der Waals surface area contributed by atoms with E-state index in [0.717, 1.165) is 11.1 Å². The minimum atomic E-state index is 0.243. The summed E-state index contributed by atoms with van der Waals surface area (Å²) in [4.78, 5) is 2.63. The number of nitrogens with zero attached hydrogens (tertiary/aromatic N) is 3. The summed E-state index contributed by atoms with van der Waals surface area (Å²) >= 11 is 0. The Morgan fingerprint density at radius 1 is 1.53 bits per heavy atom. The number of azide groups is 1. The highest BCUT2D eigenvalue weighted by atomic mass is 16.3. The van der Waals surface area contributed by atoms with E-state index >= 15 is 0 Å². The molecule has 0 aliphatic rings. The lowest BCUT2D eigenvalue weighted by atomic mass is 10.1. The number of phenolic OH excluding ortho intramolecular Hbond substituents is 1. The largest absolute Gasteiger partial charge is 0.508 e. The molecule has 0 aliphatic heterocycles. The van der Waals surface area contributed by atoms with E-state index in [4.69, 9.17) is 5.53 Å². The summed E-state index contributed by atoms with van der Waals surface area (Å²) in [6.45, 7) is 2.28. The van der Waals surface area contributed by atoms with E-state index in [2.05, 4.69) is 21.9 Å². The molecule has 4 nitrogen and oxygen atoms in total. The number of phenols is 1. The summed E-state index contributed by atoms with van der Waals surface area (Å²) in [5, 5.41) is 12.6. The van der Waals surface area contributed by atoms with Crippen LogP contribution in [0.3, 0.4) is 0 Å². The summed E-state index contributed by atoms with van der Waals surface area (Å²) in [5.41, 5.74) is 9.86. The van der Waals surface area contributed by atoms with Crippen molar-refractivity contribution in [2.24, 2.45) is 5.11 Å². The van der Waals surface area contributed by atoms with E-state index in [-0.39, 0.29) is 5.75 Å². The molecule has 1 aromatic rings. The number of aryl methyl sites for hydroxylation is 1. The quantitative estimate of drug-likeness (QED) is 0.258. The summed E-state index contributed by atoms with van der Waals surface area (Å²) in [6.07, 6.45) is 0.546. The van der Waals surface area contributed by atoms with Gasteiger partial charge in [0.15, 0.2) is 0 Å². The van der Waals surface area contributed by atoms with Crippen LogP contribution in [0.15, 0.2) is 23.3 Å². The molecule has 0 fully saturated rings. The summed E-state index contributed by atoms with van der Waals surface area (Å²) in [5.74, 6) is 6.10. The molecule has 0 spiro atoms. The number of hydrogen-bond donors (Lipinski definition) is 1. The number of hydrogen-bond acceptors (Lipinski definition) is 2. The Morgan fingerprint density at radius 3 is 3.00 bits per heavy atom. The van der Waals surface area contributed by atoms with Crippen molar-refractivity contribution in [1.29, 1.82) is 0 Å². The third kappa shape index (κ3) is 3.63. The van der Waals surface area contributed by atoms with Crippen molar-refractivity contribution >= 4 is 0 Å². The van der Waals surface area contributed by atoms with Gasteiger partial charge in [-0.2, -0.15) is 0 Å². The van der Waals surface area contributed by atoms with Crippen molar-refractivity contribution in [1.82, 2.24) is 0 Å². The fourth-order valence-electron chi connectivity index (χ4n) is 1.10. The highest BCUT2D eigenvalue weighted by Crippen LogP contribution is 2.14. The highest BCUT2D eigenvalue weighted by molar-refractivity contribution is 5.44. The third-order valence-corrected chi connectivity index (χ3v) is 1.83. The molecule has 1 N–H and O–H groups in total. The zero-order chi connectivity index (χ0) is 11.1. The third-order valence-electron chi connectivity index (χ3n) is 1.83. The maximum absolute atomic E-state index is 9.18. The van der Waals surface area contributed by atoms with Gasteiger partial charge < -0.3 is 5.11 Å². The van der Waals surface area contributed by atoms with Crippen LogP contribution in [0.4, 0.5) is 0 Å². The summed E-state index contributed by atoms with van der Waals surface area (Å²) in [6, 6.07) is 5.03. The predicted molar refractivity (Wildman–Crippen MR) is 58.4 cm³/mol. The SMILES string of the molecule is Cc1cc(O)ccc1C#CCCN=[N+]=[N-]. The van der Waals surface area contributed by atoms with Gasteiger partial charge in [0.1, 0.15) is 5.75 Å². The lowest BCUT2D eigenvalue weighted by Crippen LogP contribution is -1.81. The van der Waals surface area contributed by atoms with Crippen molar-refractivity contribution in [3.63, 3.8) is 0 Å². The van der Waals surface area contributed by atoms with Crippen LogP contribution < -0.4 is 0 Å². The fraction of sp³-hybridized carbons (Fsp3) is 0.273. The highest BCUT2D eigenvalue weighted by Gasteiger charge is 1.94. The van der Waals surface area contributed by atoms with E-state index in [1.807, 2.05) is 6.92 Å². The molecule has 1 rings (SSSR count). The average molecular weight is 201 g/mol. The minimum Gasteiger partial charge on any atom is -0.508 e. The van der Waals surface area contributed by atoms with Crippen LogP contribution in [0.1, 0.15) is 17.5 Å². The van der Waals surface area contributed by atoms with Crippen LogP contribution in [0.5, 0.6) is 5.75 Å². The van der Waals surface area contributed by atoms with Gasteiger partial charge in [0, 0.05) is 23.4 Å². The zero-order valence-corrected chi connectivity index (χ0v) is 8.44. The van der Waals surface area contributed by atoms with E-state index in [9.17, 15) is 5.11 Å². The molecule has 0 aliphatic carbocycles. The van der Waals surface area contributed by atoms with Crippen molar-refractivity contribution in [2.75, 3.05) is 6.54 Å². The first kappa shape index (κ1) is 11.0. The molecule has 0 amide bonds. The molecule has 0 radical (unpaired) electrons. The van der Waals surface area contributed by atoms with E-state index < -0.39 is 0 Å². The standard InChI is InChI=1S/C11H11N3O/c1-9-8-11(15)6-5-10(9)4-2-3-7-13-14-12/h5-6,8,15H,3,7H2,1H3. The Hall–Kier alpha value is -2.11. The van der Waals surface area contributed by atoms with E-state index in [0.29, 0.717) is 13.0 Å². The Bertz CT molecular complexity index is 451. The van der Waals surface area contributed by atoms with Gasteiger partial charge in [-0.25, -0.2) is 0 Å². The van der Waals surface area contributed by atoms with Gasteiger partial charge in [0.2, 0.25) is 0 Å². The van der Waals surface area contributed by atoms with Crippen molar-refractivity contribution in [2.45, 2.75) is 13.3 Å². The van der Waals surface area contributed by atoms with Crippen LogP contribution in [0.2, 0.25) is 0 Å². The summed E-state index contributed by atoms with van der Waals surface area (Å²) in [7, 11) is 0. The molecule has 76 valence electrons. The average Bonchev–Trinajstić information content (AvgIpc) is 2.20. The fourth-order valence-corrected chi connectivity index (χ4v) is 1.10. The van der Waals surface area contributed by atoms with E-state index in [1.54, 1.807) is 18.2 Å². The van der Waals surface area contributed by atoms with Gasteiger partial charge in [-0.15, -0.1) is 0 Å². The Balaban J connectivity index is 2.67. The van der Waals surface area contributed by atoms with Gasteiger partial charge in [-0.1, -0.05) is 17.0 Å². The molecule has 0 bridgehead atoms. The van der Waals surface area contributed by atoms with Crippen LogP contribution in [-0.2, 0) is 0 Å². The van der Waals surface area contributed by atoms with Gasteiger partial charge >= 0.3 is 0 Å².